The van der Waals surface area contributed by atoms with Crippen molar-refractivity contribution in [3.8, 4) is 5.95 Å². The van der Waals surface area contributed by atoms with Gasteiger partial charge in [0.05, 0.1) is 0 Å². The molecule has 1 saturated carbocycles. The molecule has 0 saturated heterocycles. The van der Waals surface area contributed by atoms with Gasteiger partial charge in [-0.3, -0.25) is 0 Å². The normalized spacial score (nSPS) is 14.9. The second kappa shape index (κ2) is 5.44. The molecule has 0 unspecified atom stereocenters. The molecule has 0 atom stereocenters. The minimum absolute atomic E-state index is 0.539. The molecular formula is C13H19N7. The van der Waals surface area contributed by atoms with E-state index in [1.807, 2.05) is 26.2 Å². The molecule has 2 aromatic rings. The van der Waals surface area contributed by atoms with Crippen LogP contribution in [0.2, 0.25) is 0 Å². The summed E-state index contributed by atoms with van der Waals surface area (Å²) in [5.74, 6) is 1.84. The van der Waals surface area contributed by atoms with Gasteiger partial charge in [-0.25, -0.2) is 4.68 Å². The summed E-state index contributed by atoms with van der Waals surface area (Å²) in [4.78, 5) is 15.5. The summed E-state index contributed by atoms with van der Waals surface area (Å²) in [7, 11) is 2.04. The van der Waals surface area contributed by atoms with Crippen molar-refractivity contribution < 1.29 is 0 Å². The minimum Gasteiger partial charge on any atom is -0.354 e. The van der Waals surface area contributed by atoms with Gasteiger partial charge in [0.1, 0.15) is 0 Å². The average molecular weight is 273 g/mol. The van der Waals surface area contributed by atoms with E-state index in [9.17, 15) is 0 Å². The van der Waals surface area contributed by atoms with E-state index in [-0.39, 0.29) is 0 Å². The molecule has 3 rings (SSSR count). The van der Waals surface area contributed by atoms with Crippen LogP contribution in [0.25, 0.3) is 5.95 Å². The van der Waals surface area contributed by atoms with Crippen LogP contribution in [0.3, 0.4) is 0 Å². The van der Waals surface area contributed by atoms with E-state index in [1.54, 1.807) is 10.9 Å². The molecule has 1 aliphatic carbocycles. The zero-order chi connectivity index (χ0) is 13.9. The molecule has 106 valence electrons. The third-order valence-electron chi connectivity index (χ3n) is 3.59. The van der Waals surface area contributed by atoms with Crippen LogP contribution in [0.15, 0.2) is 18.5 Å². The molecule has 7 heteroatoms. The fourth-order valence-corrected chi connectivity index (χ4v) is 2.18. The highest BCUT2D eigenvalue weighted by Gasteiger charge is 2.24. The molecule has 0 aliphatic heterocycles. The maximum absolute atomic E-state index is 4.53. The minimum atomic E-state index is 0.539. The number of hydrogen-bond donors (Lipinski definition) is 1. The molecule has 1 aliphatic rings. The van der Waals surface area contributed by atoms with Gasteiger partial charge < -0.3 is 10.2 Å². The summed E-state index contributed by atoms with van der Waals surface area (Å²) < 4.78 is 1.65. The van der Waals surface area contributed by atoms with Crippen LogP contribution >= 0.6 is 0 Å². The molecule has 1 fully saturated rings. The maximum Gasteiger partial charge on any atom is 0.257 e. The van der Waals surface area contributed by atoms with E-state index < -0.39 is 0 Å². The van der Waals surface area contributed by atoms with Crippen LogP contribution in [0.4, 0.5) is 11.9 Å². The molecule has 0 aromatic carbocycles. The molecular weight excluding hydrogens is 254 g/mol. The Morgan fingerprint density at radius 2 is 2.20 bits per heavy atom. The summed E-state index contributed by atoms with van der Waals surface area (Å²) in [5.41, 5.74) is 0. The maximum atomic E-state index is 4.53. The van der Waals surface area contributed by atoms with Crippen molar-refractivity contribution in [2.75, 3.05) is 23.8 Å². The Bertz CT molecular complexity index is 562. The fraction of sp³-hybridized carbons (Fsp3) is 0.538. The monoisotopic (exact) mass is 273 g/mol. The van der Waals surface area contributed by atoms with E-state index in [0.29, 0.717) is 23.9 Å². The molecule has 1 N–H and O–H groups in total. The predicted octanol–water partition coefficient (Wildman–Crippen LogP) is 1.48. The zero-order valence-corrected chi connectivity index (χ0v) is 11.8. The van der Waals surface area contributed by atoms with E-state index in [2.05, 4.69) is 30.3 Å². The SMILES string of the molecule is CCNc1nc(N(C)C2CCC2)nc(-n2cccn2)n1. The van der Waals surface area contributed by atoms with Crippen LogP contribution in [-0.4, -0.2) is 44.4 Å². The highest BCUT2D eigenvalue weighted by Crippen LogP contribution is 2.26. The lowest BCUT2D eigenvalue weighted by atomic mass is 9.92. The highest BCUT2D eigenvalue weighted by molar-refractivity contribution is 5.40. The van der Waals surface area contributed by atoms with Crippen LogP contribution in [0, 0.1) is 0 Å². The lowest BCUT2D eigenvalue weighted by Gasteiger charge is -2.34. The number of aromatic nitrogens is 5. The van der Waals surface area contributed by atoms with Gasteiger partial charge in [0.15, 0.2) is 0 Å². The zero-order valence-electron chi connectivity index (χ0n) is 11.8. The van der Waals surface area contributed by atoms with Crippen LogP contribution in [0.1, 0.15) is 26.2 Å². The van der Waals surface area contributed by atoms with Gasteiger partial charge in [-0.05, 0) is 32.3 Å². The Morgan fingerprint density at radius 3 is 2.80 bits per heavy atom. The van der Waals surface area contributed by atoms with Crippen molar-refractivity contribution >= 4 is 11.9 Å². The third-order valence-corrected chi connectivity index (χ3v) is 3.59. The van der Waals surface area contributed by atoms with Gasteiger partial charge in [-0.2, -0.15) is 20.1 Å². The molecule has 0 bridgehead atoms. The first-order valence-electron chi connectivity index (χ1n) is 7.00. The van der Waals surface area contributed by atoms with E-state index >= 15 is 0 Å². The first kappa shape index (κ1) is 12.8. The number of anilines is 2. The smallest absolute Gasteiger partial charge is 0.257 e. The summed E-state index contributed by atoms with van der Waals surface area (Å²) in [6.45, 7) is 2.79. The molecule has 0 amide bonds. The van der Waals surface area contributed by atoms with Crippen LogP contribution in [0.5, 0.6) is 0 Å². The summed E-state index contributed by atoms with van der Waals surface area (Å²) in [6, 6.07) is 2.39. The standard InChI is InChI=1S/C13H19N7/c1-3-14-11-16-12(19(2)10-6-4-7-10)18-13(17-11)20-9-5-8-15-20/h5,8-10H,3-4,6-7H2,1-2H3,(H,14,16,17,18). The second-order valence-electron chi connectivity index (χ2n) is 4.94. The van der Waals surface area contributed by atoms with Gasteiger partial charge in [0.25, 0.3) is 5.95 Å². The highest BCUT2D eigenvalue weighted by atomic mass is 15.4. The Labute approximate surface area is 118 Å². The van der Waals surface area contributed by atoms with Crippen molar-refractivity contribution in [3.05, 3.63) is 18.5 Å². The van der Waals surface area contributed by atoms with E-state index in [1.165, 1.54) is 19.3 Å². The van der Waals surface area contributed by atoms with Crippen LogP contribution < -0.4 is 10.2 Å². The first-order valence-corrected chi connectivity index (χ1v) is 7.00. The van der Waals surface area contributed by atoms with Gasteiger partial charge in [-0.1, -0.05) is 0 Å². The number of nitrogens with one attached hydrogen (secondary N) is 1. The molecule has 0 radical (unpaired) electrons. The Morgan fingerprint density at radius 1 is 1.35 bits per heavy atom. The van der Waals surface area contributed by atoms with Gasteiger partial charge >= 0.3 is 0 Å². The molecule has 7 nitrogen and oxygen atoms in total. The lowest BCUT2D eigenvalue weighted by molar-refractivity contribution is 0.397. The largest absolute Gasteiger partial charge is 0.354 e. The van der Waals surface area contributed by atoms with Crippen LogP contribution in [-0.2, 0) is 0 Å². The summed E-state index contributed by atoms with van der Waals surface area (Å²) in [5, 5.41) is 7.33. The number of nitrogens with zero attached hydrogens (tertiary/aromatic N) is 6. The summed E-state index contributed by atoms with van der Waals surface area (Å²) in [6.07, 6.45) is 7.24. The lowest BCUT2D eigenvalue weighted by Crippen LogP contribution is -2.38. The quantitative estimate of drug-likeness (QED) is 0.889. The Kier molecular flexibility index (Phi) is 3.49. The molecule has 0 spiro atoms. The van der Waals surface area contributed by atoms with E-state index in [0.717, 1.165) is 6.54 Å². The van der Waals surface area contributed by atoms with Crippen molar-refractivity contribution in [1.29, 1.82) is 0 Å². The third kappa shape index (κ3) is 2.43. The Balaban J connectivity index is 1.95. The topological polar surface area (TPSA) is 71.8 Å². The molecule has 2 heterocycles. The number of hydrogen-bond acceptors (Lipinski definition) is 6. The van der Waals surface area contributed by atoms with Crippen molar-refractivity contribution in [2.45, 2.75) is 32.2 Å². The van der Waals surface area contributed by atoms with Crippen molar-refractivity contribution in [3.63, 3.8) is 0 Å². The van der Waals surface area contributed by atoms with Crippen molar-refractivity contribution in [2.24, 2.45) is 0 Å². The van der Waals surface area contributed by atoms with E-state index in [4.69, 9.17) is 0 Å². The second-order valence-corrected chi connectivity index (χ2v) is 4.94. The fourth-order valence-electron chi connectivity index (χ4n) is 2.18. The molecule has 20 heavy (non-hydrogen) atoms. The predicted molar refractivity (Wildman–Crippen MR) is 77.2 cm³/mol. The number of rotatable bonds is 5. The molecule has 2 aromatic heterocycles. The summed E-state index contributed by atoms with van der Waals surface area (Å²) >= 11 is 0. The van der Waals surface area contributed by atoms with Gasteiger partial charge in [0.2, 0.25) is 11.9 Å². The van der Waals surface area contributed by atoms with Gasteiger partial charge in [0, 0.05) is 32.0 Å². The van der Waals surface area contributed by atoms with Crippen molar-refractivity contribution in [1.82, 2.24) is 24.7 Å². The Hall–Kier alpha value is -2.18. The average Bonchev–Trinajstić information content (AvgIpc) is 2.90. The first-order chi connectivity index (χ1) is 9.78. The van der Waals surface area contributed by atoms with Gasteiger partial charge in [-0.15, -0.1) is 0 Å².